The van der Waals surface area contributed by atoms with Crippen molar-refractivity contribution in [2.24, 2.45) is 12.8 Å². The molecule has 96 valence electrons. The Kier molecular flexibility index (Phi) is 4.07. The Labute approximate surface area is 108 Å². The average Bonchev–Trinajstić information content (AvgIpc) is 2.63. The maximum absolute atomic E-state index is 6.01. The summed E-state index contributed by atoms with van der Waals surface area (Å²) in [4.78, 5) is 6.82. The monoisotopic (exact) mass is 256 g/mol. The number of nitrogens with two attached hydrogens (primary N) is 1. The number of nitrogens with zero attached hydrogens (tertiary/aromatic N) is 3. The number of aromatic nitrogens is 2. The molecule has 1 fully saturated rings. The van der Waals surface area contributed by atoms with Crippen LogP contribution in [0.3, 0.4) is 0 Å². The number of hydrogen-bond donors (Lipinski definition) is 1. The zero-order valence-corrected chi connectivity index (χ0v) is 11.3. The van der Waals surface area contributed by atoms with Gasteiger partial charge in [0.2, 0.25) is 0 Å². The van der Waals surface area contributed by atoms with E-state index in [0.29, 0.717) is 17.2 Å². The maximum atomic E-state index is 6.01. The number of hydrogen-bond acceptors (Lipinski definition) is 3. The van der Waals surface area contributed by atoms with E-state index in [1.807, 2.05) is 11.6 Å². The molecule has 5 heteroatoms. The Morgan fingerprint density at radius 3 is 2.88 bits per heavy atom. The summed E-state index contributed by atoms with van der Waals surface area (Å²) in [6, 6.07) is 1.06. The van der Waals surface area contributed by atoms with Gasteiger partial charge in [-0.25, -0.2) is 4.98 Å². The second kappa shape index (κ2) is 5.38. The maximum Gasteiger partial charge on any atom is 0.128 e. The van der Waals surface area contributed by atoms with Crippen LogP contribution in [0.15, 0.2) is 6.20 Å². The predicted molar refractivity (Wildman–Crippen MR) is 69.9 cm³/mol. The first-order chi connectivity index (χ1) is 8.13. The van der Waals surface area contributed by atoms with Gasteiger partial charge in [0.25, 0.3) is 0 Å². The first-order valence-corrected chi connectivity index (χ1v) is 6.63. The third kappa shape index (κ3) is 2.64. The Hall–Kier alpha value is -0.580. The fourth-order valence-electron chi connectivity index (χ4n) is 2.61. The summed E-state index contributed by atoms with van der Waals surface area (Å²) in [6.45, 7) is 3.83. The van der Waals surface area contributed by atoms with Gasteiger partial charge < -0.3 is 10.3 Å². The van der Waals surface area contributed by atoms with Crippen LogP contribution < -0.4 is 5.73 Å². The van der Waals surface area contributed by atoms with Crippen LogP contribution in [-0.4, -0.2) is 33.1 Å². The highest BCUT2D eigenvalue weighted by Crippen LogP contribution is 2.24. The molecule has 1 aromatic rings. The number of halogens is 1. The summed E-state index contributed by atoms with van der Waals surface area (Å²) >= 11 is 6.01. The summed E-state index contributed by atoms with van der Waals surface area (Å²) in [7, 11) is 1.96. The fourth-order valence-corrected chi connectivity index (χ4v) is 2.76. The number of likely N-dealkylation sites (tertiary alicyclic amines) is 1. The van der Waals surface area contributed by atoms with Crippen molar-refractivity contribution in [1.82, 2.24) is 14.5 Å². The van der Waals surface area contributed by atoms with Gasteiger partial charge in [0.15, 0.2) is 0 Å². The molecule has 1 saturated heterocycles. The van der Waals surface area contributed by atoms with Crippen LogP contribution in [-0.2, 0) is 13.6 Å². The van der Waals surface area contributed by atoms with Crippen LogP contribution >= 0.6 is 11.6 Å². The topological polar surface area (TPSA) is 47.1 Å². The van der Waals surface area contributed by atoms with Crippen molar-refractivity contribution in [3.8, 4) is 0 Å². The molecule has 2 atom stereocenters. The second-order valence-corrected chi connectivity index (χ2v) is 5.29. The van der Waals surface area contributed by atoms with E-state index in [4.69, 9.17) is 17.3 Å². The Balaban J connectivity index is 2.12. The summed E-state index contributed by atoms with van der Waals surface area (Å²) in [6.07, 6.45) is 5.43. The molecule has 0 bridgehead atoms. The normalized spacial score (nSPS) is 26.4. The van der Waals surface area contributed by atoms with Crippen LogP contribution in [0.2, 0.25) is 5.15 Å². The van der Waals surface area contributed by atoms with Crippen LogP contribution in [0, 0.1) is 0 Å². The lowest BCUT2D eigenvalue weighted by atomic mass is 9.96. The van der Waals surface area contributed by atoms with Crippen LogP contribution in [0.5, 0.6) is 0 Å². The Bertz CT molecular complexity index is 377. The highest BCUT2D eigenvalue weighted by molar-refractivity contribution is 6.29. The van der Waals surface area contributed by atoms with Gasteiger partial charge in [0.05, 0.1) is 12.7 Å². The standard InChI is InChI=1S/C12H21ClN4/c1-9-4-3-5-10(6-14)17(9)8-12-15-7-11(13)16(12)2/h7,9-10H,3-6,8,14H2,1-2H3. The van der Waals surface area contributed by atoms with Crippen molar-refractivity contribution >= 4 is 11.6 Å². The molecule has 0 aromatic carbocycles. The molecular formula is C12H21ClN4. The third-order valence-corrected chi connectivity index (χ3v) is 4.17. The van der Waals surface area contributed by atoms with Gasteiger partial charge >= 0.3 is 0 Å². The molecule has 1 aromatic heterocycles. The first-order valence-electron chi connectivity index (χ1n) is 6.25. The summed E-state index contributed by atoms with van der Waals surface area (Å²) in [5.74, 6) is 1.02. The Morgan fingerprint density at radius 1 is 1.53 bits per heavy atom. The lowest BCUT2D eigenvalue weighted by Gasteiger charge is -2.39. The largest absolute Gasteiger partial charge is 0.329 e. The van der Waals surface area contributed by atoms with Crippen molar-refractivity contribution in [3.63, 3.8) is 0 Å². The van der Waals surface area contributed by atoms with E-state index in [2.05, 4.69) is 16.8 Å². The summed E-state index contributed by atoms with van der Waals surface area (Å²) in [5, 5.41) is 0.689. The summed E-state index contributed by atoms with van der Waals surface area (Å²) < 4.78 is 1.94. The van der Waals surface area contributed by atoms with Crippen LogP contribution in [0.25, 0.3) is 0 Å². The van der Waals surface area contributed by atoms with Gasteiger partial charge in [-0.05, 0) is 19.8 Å². The average molecular weight is 257 g/mol. The van der Waals surface area contributed by atoms with Crippen molar-refractivity contribution in [3.05, 3.63) is 17.2 Å². The number of imidazole rings is 1. The molecule has 0 aliphatic carbocycles. The van der Waals surface area contributed by atoms with Gasteiger partial charge in [0, 0.05) is 25.7 Å². The highest BCUT2D eigenvalue weighted by atomic mass is 35.5. The van der Waals surface area contributed by atoms with E-state index in [-0.39, 0.29) is 0 Å². The van der Waals surface area contributed by atoms with E-state index in [9.17, 15) is 0 Å². The molecule has 2 unspecified atom stereocenters. The minimum atomic E-state index is 0.481. The quantitative estimate of drug-likeness (QED) is 0.897. The summed E-state index contributed by atoms with van der Waals surface area (Å²) in [5.41, 5.74) is 5.86. The van der Waals surface area contributed by atoms with Crippen molar-refractivity contribution in [2.45, 2.75) is 44.8 Å². The molecule has 2 rings (SSSR count). The van der Waals surface area contributed by atoms with Gasteiger partial charge in [-0.1, -0.05) is 18.0 Å². The SMILES string of the molecule is CC1CCCC(CN)N1Cc1ncc(Cl)n1C. The Morgan fingerprint density at radius 2 is 2.29 bits per heavy atom. The molecule has 4 nitrogen and oxygen atoms in total. The van der Waals surface area contributed by atoms with Crippen molar-refractivity contribution < 1.29 is 0 Å². The van der Waals surface area contributed by atoms with Gasteiger partial charge in [-0.3, -0.25) is 4.90 Å². The minimum absolute atomic E-state index is 0.481. The molecule has 2 N–H and O–H groups in total. The zero-order valence-electron chi connectivity index (χ0n) is 10.6. The minimum Gasteiger partial charge on any atom is -0.329 e. The van der Waals surface area contributed by atoms with E-state index >= 15 is 0 Å². The number of rotatable bonds is 3. The molecule has 2 heterocycles. The number of piperidine rings is 1. The van der Waals surface area contributed by atoms with Crippen LogP contribution in [0.4, 0.5) is 0 Å². The highest BCUT2D eigenvalue weighted by Gasteiger charge is 2.27. The molecule has 0 amide bonds. The zero-order chi connectivity index (χ0) is 12.4. The van der Waals surface area contributed by atoms with Gasteiger partial charge in [-0.15, -0.1) is 0 Å². The third-order valence-electron chi connectivity index (χ3n) is 3.82. The predicted octanol–water partition coefficient (Wildman–Crippen LogP) is 1.78. The lowest BCUT2D eigenvalue weighted by molar-refractivity contribution is 0.0854. The molecule has 0 radical (unpaired) electrons. The van der Waals surface area contributed by atoms with E-state index in [1.54, 1.807) is 6.20 Å². The molecular weight excluding hydrogens is 236 g/mol. The van der Waals surface area contributed by atoms with Gasteiger partial charge in [0.1, 0.15) is 11.0 Å². The lowest BCUT2D eigenvalue weighted by Crippen LogP contribution is -2.48. The van der Waals surface area contributed by atoms with Crippen molar-refractivity contribution in [2.75, 3.05) is 6.54 Å². The molecule has 0 saturated carbocycles. The smallest absolute Gasteiger partial charge is 0.128 e. The molecule has 0 spiro atoms. The van der Waals surface area contributed by atoms with E-state index < -0.39 is 0 Å². The molecule has 1 aliphatic rings. The van der Waals surface area contributed by atoms with E-state index in [1.165, 1.54) is 19.3 Å². The molecule has 1 aliphatic heterocycles. The van der Waals surface area contributed by atoms with Crippen LogP contribution in [0.1, 0.15) is 32.0 Å². The first kappa shape index (κ1) is 12.9. The van der Waals surface area contributed by atoms with Crippen molar-refractivity contribution in [1.29, 1.82) is 0 Å². The van der Waals surface area contributed by atoms with E-state index in [0.717, 1.165) is 18.9 Å². The second-order valence-electron chi connectivity index (χ2n) is 4.90. The van der Waals surface area contributed by atoms with Gasteiger partial charge in [-0.2, -0.15) is 0 Å². The fraction of sp³-hybridized carbons (Fsp3) is 0.750. The molecule has 17 heavy (non-hydrogen) atoms.